The Balaban J connectivity index is 2.21. The van der Waals surface area contributed by atoms with Gasteiger partial charge >= 0.3 is 5.97 Å². The number of carboxylic acid groups (broad SMARTS) is 1. The van der Waals surface area contributed by atoms with Crippen LogP contribution in [0, 0.1) is 6.92 Å². The van der Waals surface area contributed by atoms with Crippen molar-refractivity contribution in [2.24, 2.45) is 0 Å². The number of aliphatic carboxylic acids is 1. The molecule has 8 heteroatoms. The number of ether oxygens (including phenoxy) is 1. The highest BCUT2D eigenvalue weighted by molar-refractivity contribution is 7.13. The summed E-state index contributed by atoms with van der Waals surface area (Å²) in [7, 11) is 1.54. The molecule has 23 heavy (non-hydrogen) atoms. The highest BCUT2D eigenvalue weighted by atomic mass is 35.5. The number of halogens is 1. The second-order valence-corrected chi connectivity index (χ2v) is 6.27. The van der Waals surface area contributed by atoms with Crippen LogP contribution in [0.3, 0.4) is 0 Å². The molecule has 0 radical (unpaired) electrons. The van der Waals surface area contributed by atoms with Crippen molar-refractivity contribution in [2.45, 2.75) is 19.6 Å². The number of amides is 1. The van der Waals surface area contributed by atoms with E-state index >= 15 is 0 Å². The number of hydrogen-bond acceptors (Lipinski definition) is 5. The van der Waals surface area contributed by atoms with Crippen molar-refractivity contribution in [1.29, 1.82) is 0 Å². The van der Waals surface area contributed by atoms with Gasteiger partial charge in [-0.1, -0.05) is 23.7 Å². The Bertz CT molecular complexity index is 715. The molecule has 1 amide bonds. The van der Waals surface area contributed by atoms with E-state index in [0.717, 1.165) is 0 Å². The maximum absolute atomic E-state index is 12.4. The average Bonchev–Trinajstić information content (AvgIpc) is 2.86. The minimum absolute atomic E-state index is 0.304. The molecule has 1 aromatic heterocycles. The monoisotopic (exact) mass is 354 g/mol. The van der Waals surface area contributed by atoms with Crippen molar-refractivity contribution in [3.63, 3.8) is 0 Å². The van der Waals surface area contributed by atoms with E-state index in [0.29, 0.717) is 32.8 Å². The normalized spacial score (nSPS) is 12.0. The molecule has 0 bridgehead atoms. The van der Waals surface area contributed by atoms with Gasteiger partial charge in [0.1, 0.15) is 9.88 Å². The molecule has 6 nitrogen and oxygen atoms in total. The van der Waals surface area contributed by atoms with E-state index in [1.165, 1.54) is 18.4 Å². The average molecular weight is 355 g/mol. The van der Waals surface area contributed by atoms with Crippen molar-refractivity contribution >= 4 is 34.8 Å². The molecular weight excluding hydrogens is 340 g/mol. The first-order chi connectivity index (χ1) is 10.9. The predicted molar refractivity (Wildman–Crippen MR) is 86.9 cm³/mol. The fourth-order valence-corrected chi connectivity index (χ4v) is 3.05. The van der Waals surface area contributed by atoms with Crippen molar-refractivity contribution in [1.82, 2.24) is 10.3 Å². The fourth-order valence-electron chi connectivity index (χ4n) is 1.99. The van der Waals surface area contributed by atoms with Gasteiger partial charge in [-0.25, -0.2) is 9.78 Å². The lowest BCUT2D eigenvalue weighted by Gasteiger charge is -2.14. The summed E-state index contributed by atoms with van der Waals surface area (Å²) in [4.78, 5) is 28.4. The molecule has 1 atom stereocenters. The molecule has 1 unspecified atom stereocenters. The number of methoxy groups -OCH3 is 1. The largest absolute Gasteiger partial charge is 0.479 e. The van der Waals surface area contributed by atoms with Crippen molar-refractivity contribution in [2.75, 3.05) is 7.11 Å². The molecule has 122 valence electrons. The van der Waals surface area contributed by atoms with E-state index in [1.807, 2.05) is 0 Å². The maximum atomic E-state index is 12.4. The first-order valence-electron chi connectivity index (χ1n) is 6.66. The van der Waals surface area contributed by atoms with Crippen LogP contribution in [-0.2, 0) is 16.1 Å². The summed E-state index contributed by atoms with van der Waals surface area (Å²) < 4.78 is 4.99. The molecule has 0 aliphatic rings. The summed E-state index contributed by atoms with van der Waals surface area (Å²) in [5, 5.41) is 13.0. The Morgan fingerprint density at radius 3 is 2.61 bits per heavy atom. The molecule has 1 aromatic carbocycles. The van der Waals surface area contributed by atoms with Crippen LogP contribution in [0.25, 0.3) is 0 Å². The first kappa shape index (κ1) is 17.4. The minimum atomic E-state index is -1.16. The van der Waals surface area contributed by atoms with Gasteiger partial charge in [-0.3, -0.25) is 4.79 Å². The van der Waals surface area contributed by atoms with Crippen molar-refractivity contribution < 1.29 is 19.4 Å². The number of thiazole rings is 1. The van der Waals surface area contributed by atoms with Gasteiger partial charge in [0, 0.05) is 12.1 Å². The van der Waals surface area contributed by atoms with Crippen LogP contribution in [0.4, 0.5) is 0 Å². The molecule has 0 saturated carbocycles. The molecule has 1 heterocycles. The second-order valence-electron chi connectivity index (χ2n) is 4.75. The summed E-state index contributed by atoms with van der Waals surface area (Å²) in [6, 6.07) is 5.13. The molecule has 2 rings (SSSR count). The van der Waals surface area contributed by atoms with Gasteiger partial charge in [0.15, 0.2) is 6.04 Å². The zero-order valence-electron chi connectivity index (χ0n) is 12.5. The summed E-state index contributed by atoms with van der Waals surface area (Å²) in [6.07, 6.45) is 0. The van der Waals surface area contributed by atoms with E-state index in [9.17, 15) is 14.7 Å². The molecule has 2 N–H and O–H groups in total. The lowest BCUT2D eigenvalue weighted by molar-refractivity contribution is -0.139. The van der Waals surface area contributed by atoms with Gasteiger partial charge in [0.2, 0.25) is 0 Å². The summed E-state index contributed by atoms with van der Waals surface area (Å²) in [5.41, 5.74) is 0.981. The van der Waals surface area contributed by atoms with Crippen LogP contribution in [0.5, 0.6) is 0 Å². The van der Waals surface area contributed by atoms with Crippen LogP contribution >= 0.6 is 22.9 Å². The summed E-state index contributed by atoms with van der Waals surface area (Å²) >= 11 is 6.98. The molecule has 0 saturated heterocycles. The quantitative estimate of drug-likeness (QED) is 0.832. The third-order valence-corrected chi connectivity index (χ3v) is 4.42. The Kier molecular flexibility index (Phi) is 5.70. The van der Waals surface area contributed by atoms with Crippen LogP contribution in [0.2, 0.25) is 5.02 Å². The number of benzene rings is 1. The Labute approximate surface area is 142 Å². The molecule has 2 aromatic rings. The minimum Gasteiger partial charge on any atom is -0.479 e. The van der Waals surface area contributed by atoms with Gasteiger partial charge < -0.3 is 15.2 Å². The molecular formula is C15H15ClN2O4S. The van der Waals surface area contributed by atoms with Crippen LogP contribution in [0.1, 0.15) is 32.0 Å². The van der Waals surface area contributed by atoms with Gasteiger partial charge in [0.05, 0.1) is 12.3 Å². The van der Waals surface area contributed by atoms with E-state index in [2.05, 4.69) is 10.3 Å². The number of aryl methyl sites for hydroxylation is 1. The lowest BCUT2D eigenvalue weighted by Crippen LogP contribution is -2.33. The highest BCUT2D eigenvalue weighted by Crippen LogP contribution is 2.21. The van der Waals surface area contributed by atoms with Gasteiger partial charge in [0.25, 0.3) is 5.91 Å². The van der Waals surface area contributed by atoms with Crippen molar-refractivity contribution in [3.05, 3.63) is 50.4 Å². The number of aromatic nitrogens is 1. The van der Waals surface area contributed by atoms with Gasteiger partial charge in [-0.2, -0.15) is 0 Å². The number of rotatable bonds is 6. The first-order valence-corrected chi connectivity index (χ1v) is 7.86. The van der Waals surface area contributed by atoms with Crippen LogP contribution < -0.4 is 5.32 Å². The molecule has 0 fully saturated rings. The SMILES string of the molecule is COCc1nc(C)c(C(=O)NC(C(=O)O)c2ccc(Cl)cc2)s1. The second kappa shape index (κ2) is 7.54. The number of carbonyl (C=O) groups is 2. The topological polar surface area (TPSA) is 88.5 Å². The number of hydrogen-bond donors (Lipinski definition) is 2. The Hall–Kier alpha value is -1.96. The summed E-state index contributed by atoms with van der Waals surface area (Å²) in [5.74, 6) is -1.63. The van der Waals surface area contributed by atoms with Crippen LogP contribution in [0.15, 0.2) is 24.3 Å². The van der Waals surface area contributed by atoms with Gasteiger partial charge in [-0.05, 0) is 24.6 Å². The predicted octanol–water partition coefficient (Wildman–Crippen LogP) is 2.81. The number of nitrogens with one attached hydrogen (secondary N) is 1. The zero-order valence-corrected chi connectivity index (χ0v) is 14.1. The van der Waals surface area contributed by atoms with E-state index in [-0.39, 0.29) is 0 Å². The van der Waals surface area contributed by atoms with Crippen LogP contribution in [-0.4, -0.2) is 29.1 Å². The zero-order chi connectivity index (χ0) is 17.0. The van der Waals surface area contributed by atoms with E-state index < -0.39 is 17.9 Å². The van der Waals surface area contributed by atoms with Gasteiger partial charge in [-0.15, -0.1) is 11.3 Å². The standard InChI is InChI=1S/C15H15ClN2O4S/c1-8-13(23-11(17-8)7-22-2)14(19)18-12(15(20)21)9-3-5-10(16)6-4-9/h3-6,12H,7H2,1-2H3,(H,18,19)(H,20,21). The van der Waals surface area contributed by atoms with E-state index in [1.54, 1.807) is 31.2 Å². The smallest absolute Gasteiger partial charge is 0.330 e. The van der Waals surface area contributed by atoms with Crippen molar-refractivity contribution in [3.8, 4) is 0 Å². The molecule has 0 aliphatic carbocycles. The van der Waals surface area contributed by atoms with E-state index in [4.69, 9.17) is 16.3 Å². The lowest BCUT2D eigenvalue weighted by atomic mass is 10.1. The third kappa shape index (κ3) is 4.28. The highest BCUT2D eigenvalue weighted by Gasteiger charge is 2.25. The number of carbonyl (C=O) groups excluding carboxylic acids is 1. The molecule has 0 aliphatic heterocycles. The Morgan fingerprint density at radius 1 is 1.39 bits per heavy atom. The summed E-state index contributed by atoms with van der Waals surface area (Å²) in [6.45, 7) is 2.00. The Morgan fingerprint density at radius 2 is 2.04 bits per heavy atom. The third-order valence-electron chi connectivity index (χ3n) is 3.04. The molecule has 0 spiro atoms. The maximum Gasteiger partial charge on any atom is 0.330 e. The number of nitrogens with zero attached hydrogens (tertiary/aromatic N) is 1. The number of carboxylic acids is 1. The fraction of sp³-hybridized carbons (Fsp3) is 0.267.